The van der Waals surface area contributed by atoms with Crippen LogP contribution in [-0.4, -0.2) is 110 Å². The molecule has 0 bridgehead atoms. The largest absolute Gasteiger partial charge is 0.394 e. The molecule has 33 heavy (non-hydrogen) atoms. The van der Waals surface area contributed by atoms with Gasteiger partial charge in [0, 0.05) is 5.92 Å². The Bertz CT molecular complexity index is 897. The van der Waals surface area contributed by atoms with E-state index >= 15 is 0 Å². The van der Waals surface area contributed by atoms with Gasteiger partial charge in [-0.1, -0.05) is 13.8 Å². The number of nitrogens with zero attached hydrogens (tertiary/aromatic N) is 2. The highest BCUT2D eigenvalue weighted by Gasteiger charge is 2.66. The Morgan fingerprint density at radius 2 is 1.88 bits per heavy atom. The first-order chi connectivity index (χ1) is 15.5. The van der Waals surface area contributed by atoms with Gasteiger partial charge in [0.2, 0.25) is 36.1 Å². The Morgan fingerprint density at radius 1 is 1.21 bits per heavy atom. The van der Waals surface area contributed by atoms with Gasteiger partial charge in [-0.15, -0.1) is 0 Å². The van der Waals surface area contributed by atoms with Gasteiger partial charge in [-0.05, 0) is 0 Å². The van der Waals surface area contributed by atoms with Crippen molar-refractivity contribution in [3.8, 4) is 0 Å². The summed E-state index contributed by atoms with van der Waals surface area (Å²) in [4.78, 5) is 29.9. The molecule has 0 radical (unpaired) electrons. The summed E-state index contributed by atoms with van der Waals surface area (Å²) in [6.45, 7) is 2.11. The number of nitrogens with one attached hydrogen (secondary N) is 2. The number of amides is 1. The lowest BCUT2D eigenvalue weighted by atomic mass is 10.0. The highest BCUT2D eigenvalue weighted by Crippen LogP contribution is 2.43. The van der Waals surface area contributed by atoms with Crippen molar-refractivity contribution in [2.75, 3.05) is 13.2 Å². The van der Waals surface area contributed by atoms with E-state index in [1.807, 2.05) is 0 Å². The van der Waals surface area contributed by atoms with E-state index < -0.39 is 84.1 Å². The van der Waals surface area contributed by atoms with Crippen LogP contribution in [0.4, 0.5) is 0 Å². The minimum atomic E-state index is -2.02. The molecule has 0 spiro atoms. The van der Waals surface area contributed by atoms with E-state index in [1.54, 1.807) is 13.8 Å². The molecular formula is C19H30N5O9+. The first-order valence-corrected chi connectivity index (χ1v) is 10.7. The predicted octanol–water partition coefficient (Wildman–Crippen LogP) is -4.52. The van der Waals surface area contributed by atoms with Crippen LogP contribution in [-0.2, 0) is 19.1 Å². The second-order valence-corrected chi connectivity index (χ2v) is 9.03. The molecule has 2 saturated heterocycles. The fourth-order valence-electron chi connectivity index (χ4n) is 4.77. The molecule has 0 aromatic carbocycles. The molecule has 2 unspecified atom stereocenters. The second-order valence-electron chi connectivity index (χ2n) is 9.03. The summed E-state index contributed by atoms with van der Waals surface area (Å²) in [5.74, 6) is -3.92. The van der Waals surface area contributed by atoms with Gasteiger partial charge >= 0.3 is 0 Å². The van der Waals surface area contributed by atoms with Gasteiger partial charge in [-0.25, -0.2) is 0 Å². The minimum Gasteiger partial charge on any atom is -0.394 e. The highest BCUT2D eigenvalue weighted by molar-refractivity contribution is 6.02. The van der Waals surface area contributed by atoms with E-state index in [1.165, 1.54) is 6.34 Å². The summed E-state index contributed by atoms with van der Waals surface area (Å²) >= 11 is 0. The number of Topliss-reactive ketones (excluding diaryl/α,β-unsaturated/α-hetero) is 1. The Hall–Kier alpha value is -2.01. The Morgan fingerprint density at radius 3 is 2.42 bits per heavy atom. The molecule has 4 aliphatic rings. The van der Waals surface area contributed by atoms with Gasteiger partial charge in [0.15, 0.2) is 11.9 Å². The Balaban J connectivity index is 1.83. The lowest BCUT2D eigenvalue weighted by molar-refractivity contribution is -0.900. The molecule has 14 heteroatoms. The van der Waals surface area contributed by atoms with Gasteiger partial charge in [-0.3, -0.25) is 20.6 Å². The topological polar surface area (TPSA) is 216 Å². The summed E-state index contributed by atoms with van der Waals surface area (Å²) < 4.78 is 10.9. The van der Waals surface area contributed by atoms with E-state index in [4.69, 9.17) is 15.2 Å². The maximum Gasteiger partial charge on any atom is 0.281 e. The lowest BCUT2D eigenvalue weighted by Crippen LogP contribution is -2.77. The van der Waals surface area contributed by atoms with E-state index in [2.05, 4.69) is 15.6 Å². The standard InChI is InChI=1S/C19H29N5O9/c1-7(2)15(30)19(20)22-16-12(17(31)23-19)21-6-24(16,11-3-8(27)9(4-25)32-11)18-14(29)13(28)10(5-26)33-18/h6-11,13-14,18,25-29H,3-5,20H2,1-2H3,(H-,22,23,31)/p+1/t8-,9+,10+,11-,13+,14+,18+,19?,24?/m0/s1. The van der Waals surface area contributed by atoms with E-state index in [-0.39, 0.29) is 17.9 Å². The summed E-state index contributed by atoms with van der Waals surface area (Å²) in [5.41, 5.74) is 6.09. The molecule has 4 aliphatic heterocycles. The molecule has 4 heterocycles. The van der Waals surface area contributed by atoms with Crippen LogP contribution in [0.25, 0.3) is 0 Å². The zero-order chi connectivity index (χ0) is 24.3. The molecule has 2 fully saturated rings. The third-order valence-electron chi connectivity index (χ3n) is 6.54. The van der Waals surface area contributed by atoms with Crippen molar-refractivity contribution < 1.29 is 49.1 Å². The van der Waals surface area contributed by atoms with Crippen molar-refractivity contribution in [3.63, 3.8) is 0 Å². The van der Waals surface area contributed by atoms with Crippen LogP contribution < -0.4 is 16.4 Å². The number of aliphatic imine (C=N–C) groups is 1. The number of rotatable bonds is 6. The average molecular weight is 472 g/mol. The highest BCUT2D eigenvalue weighted by atomic mass is 16.6. The lowest BCUT2D eigenvalue weighted by Gasteiger charge is -2.45. The number of aliphatic hydroxyl groups is 5. The fraction of sp³-hybridized carbons (Fsp3) is 0.737. The molecule has 0 aliphatic carbocycles. The van der Waals surface area contributed by atoms with Crippen molar-refractivity contribution >= 4 is 18.0 Å². The molecule has 1 amide bonds. The van der Waals surface area contributed by atoms with Crippen LogP contribution in [0.3, 0.4) is 0 Å². The maximum atomic E-state index is 12.9. The number of ketones is 1. The number of nitrogens with two attached hydrogens (primary N) is 1. The zero-order valence-corrected chi connectivity index (χ0v) is 18.2. The van der Waals surface area contributed by atoms with E-state index in [0.717, 1.165) is 0 Å². The summed E-state index contributed by atoms with van der Waals surface area (Å²) in [5, 5.41) is 56.0. The van der Waals surface area contributed by atoms with Gasteiger partial charge in [-0.2, -0.15) is 9.48 Å². The summed E-state index contributed by atoms with van der Waals surface area (Å²) in [6, 6.07) is 0. The first-order valence-electron chi connectivity index (χ1n) is 10.7. The van der Waals surface area contributed by atoms with Crippen LogP contribution in [0.15, 0.2) is 16.5 Å². The van der Waals surface area contributed by atoms with Crippen molar-refractivity contribution in [1.29, 1.82) is 0 Å². The summed E-state index contributed by atoms with van der Waals surface area (Å²) in [6.07, 6.45) is -7.54. The van der Waals surface area contributed by atoms with Crippen molar-refractivity contribution in [1.82, 2.24) is 10.6 Å². The van der Waals surface area contributed by atoms with Crippen molar-refractivity contribution in [2.45, 2.75) is 69.0 Å². The van der Waals surface area contributed by atoms with Crippen LogP contribution >= 0.6 is 0 Å². The number of hydrogen-bond acceptors (Lipinski definition) is 12. The number of ether oxygens (including phenoxy) is 2. The number of aliphatic hydroxyl groups excluding tert-OH is 5. The first kappa shape index (κ1) is 24.1. The van der Waals surface area contributed by atoms with E-state index in [9.17, 15) is 35.1 Å². The molecule has 184 valence electrons. The molecule has 0 aromatic rings. The molecule has 14 nitrogen and oxygen atoms in total. The van der Waals surface area contributed by atoms with Gasteiger partial charge < -0.3 is 40.3 Å². The monoisotopic (exact) mass is 472 g/mol. The van der Waals surface area contributed by atoms with Crippen LogP contribution in [0.5, 0.6) is 0 Å². The quantitative estimate of drug-likeness (QED) is 0.172. The Labute approximate surface area is 188 Å². The predicted molar refractivity (Wildman–Crippen MR) is 108 cm³/mol. The maximum absolute atomic E-state index is 12.9. The molecule has 9 N–H and O–H groups in total. The molecule has 0 saturated carbocycles. The third kappa shape index (κ3) is 3.50. The molecular weight excluding hydrogens is 442 g/mol. The summed E-state index contributed by atoms with van der Waals surface area (Å²) in [7, 11) is 0. The number of carbonyl (C=O) groups excluding carboxylic acids is 2. The molecule has 0 aromatic heterocycles. The fourth-order valence-corrected chi connectivity index (χ4v) is 4.77. The second kappa shape index (κ2) is 8.33. The molecule has 4 rings (SSSR count). The molecule has 9 atom stereocenters. The normalized spacial score (nSPS) is 44.9. The van der Waals surface area contributed by atoms with Crippen molar-refractivity contribution in [2.24, 2.45) is 16.6 Å². The number of quaternary nitrogens is 1. The third-order valence-corrected chi connectivity index (χ3v) is 6.54. The zero-order valence-electron chi connectivity index (χ0n) is 18.2. The minimum absolute atomic E-state index is 0.0409. The smallest absolute Gasteiger partial charge is 0.281 e. The Kier molecular flexibility index (Phi) is 6.09. The van der Waals surface area contributed by atoms with Gasteiger partial charge in [0.1, 0.15) is 18.3 Å². The van der Waals surface area contributed by atoms with Crippen LogP contribution in [0, 0.1) is 5.92 Å². The van der Waals surface area contributed by atoms with Gasteiger partial charge in [0.05, 0.1) is 25.7 Å². The number of hydrogen-bond donors (Lipinski definition) is 8. The average Bonchev–Trinajstić information content (AvgIpc) is 3.42. The SMILES string of the molecule is CC(C)C(=O)C1(N)NC(=O)C2=C(N1)[N+]([C@@H]1C[C@H](O)[C@@H](CO)O1)([C@@H]1O[C@H](CO)[C@@H](O)[C@H]1O)C=N2. The van der Waals surface area contributed by atoms with Crippen LogP contribution in [0.1, 0.15) is 20.3 Å². The number of carbonyl (C=O) groups is 2. The van der Waals surface area contributed by atoms with Gasteiger partial charge in [0.25, 0.3) is 5.91 Å². The van der Waals surface area contributed by atoms with E-state index in [0.29, 0.717) is 0 Å². The van der Waals surface area contributed by atoms with Crippen molar-refractivity contribution in [3.05, 3.63) is 11.5 Å². The van der Waals surface area contributed by atoms with Crippen LogP contribution in [0.2, 0.25) is 0 Å².